The molecule has 0 radical (unpaired) electrons. The molecule has 12 nitrogen and oxygen atoms in total. The van der Waals surface area contributed by atoms with E-state index in [1.54, 1.807) is 12.3 Å². The highest BCUT2D eigenvalue weighted by molar-refractivity contribution is 7.90. The molecule has 1 N–H and O–H groups in total. The number of ether oxygens (including phenoxy) is 1. The van der Waals surface area contributed by atoms with Crippen LogP contribution in [0.15, 0.2) is 36.9 Å². The lowest BCUT2D eigenvalue weighted by Gasteiger charge is -2.55. The molecule has 1 atom stereocenters. The molecule has 13 heteroatoms. The standard InChI is InChI=1S/C25H29N9O3S/c1-3-16(2)34-20-8-22(27-10-19(20)24(31-34)32-12-25(13-32)14-37-15-25)29-21-6-7-26-23(30-21)17-9-28-33(11-17)38(35,36)18-4-5-18/h6-11,16,18H,3-5,12-15H2,1-2H3,(H,26,27,29,30). The fourth-order valence-corrected chi connectivity index (χ4v) is 6.57. The summed E-state index contributed by atoms with van der Waals surface area (Å²) < 4.78 is 33.5. The van der Waals surface area contributed by atoms with Crippen LogP contribution in [-0.4, -0.2) is 73.9 Å². The second kappa shape index (κ2) is 8.46. The van der Waals surface area contributed by atoms with Gasteiger partial charge >= 0.3 is 0 Å². The molecule has 4 aromatic rings. The number of pyridine rings is 1. The van der Waals surface area contributed by atoms with Crippen LogP contribution in [0.25, 0.3) is 22.3 Å². The van der Waals surface area contributed by atoms with Gasteiger partial charge in [0.05, 0.1) is 52.7 Å². The Bertz CT molecular complexity index is 1630. The van der Waals surface area contributed by atoms with Crippen molar-refractivity contribution in [2.24, 2.45) is 5.41 Å². The van der Waals surface area contributed by atoms with Crippen LogP contribution < -0.4 is 10.2 Å². The van der Waals surface area contributed by atoms with Gasteiger partial charge in [0.2, 0.25) is 0 Å². The van der Waals surface area contributed by atoms with E-state index >= 15 is 0 Å². The van der Waals surface area contributed by atoms with Crippen LogP contribution in [-0.2, 0) is 14.8 Å². The van der Waals surface area contributed by atoms with E-state index in [4.69, 9.17) is 9.84 Å². The Morgan fingerprint density at radius 2 is 2.00 bits per heavy atom. The molecule has 1 saturated carbocycles. The monoisotopic (exact) mass is 535 g/mol. The molecular weight excluding hydrogens is 506 g/mol. The molecule has 0 amide bonds. The molecule has 198 valence electrons. The van der Waals surface area contributed by atoms with Crippen molar-refractivity contribution in [1.82, 2.24) is 33.9 Å². The summed E-state index contributed by atoms with van der Waals surface area (Å²) in [5.41, 5.74) is 1.84. The minimum absolute atomic E-state index is 0.234. The fraction of sp³-hybridized carbons (Fsp3) is 0.480. The largest absolute Gasteiger partial charge is 0.380 e. The van der Waals surface area contributed by atoms with Crippen LogP contribution in [0.2, 0.25) is 0 Å². The van der Waals surface area contributed by atoms with Gasteiger partial charge in [-0.3, -0.25) is 4.68 Å². The molecule has 6 heterocycles. The molecule has 38 heavy (non-hydrogen) atoms. The van der Waals surface area contributed by atoms with Crippen molar-refractivity contribution < 1.29 is 13.2 Å². The number of fused-ring (bicyclic) bond motifs is 1. The molecule has 7 rings (SSSR count). The summed E-state index contributed by atoms with van der Waals surface area (Å²) in [5.74, 6) is 2.54. The van der Waals surface area contributed by atoms with Crippen LogP contribution in [0.5, 0.6) is 0 Å². The van der Waals surface area contributed by atoms with Gasteiger partial charge in [0, 0.05) is 37.6 Å². The van der Waals surface area contributed by atoms with Crippen molar-refractivity contribution in [2.75, 3.05) is 36.5 Å². The molecule has 1 unspecified atom stereocenters. The van der Waals surface area contributed by atoms with Gasteiger partial charge in [-0.15, -0.1) is 0 Å². The minimum Gasteiger partial charge on any atom is -0.380 e. The first-order valence-corrected chi connectivity index (χ1v) is 14.5. The Labute approximate surface area is 220 Å². The van der Waals surface area contributed by atoms with Gasteiger partial charge in [0.25, 0.3) is 10.0 Å². The maximum Gasteiger partial charge on any atom is 0.256 e. The summed E-state index contributed by atoms with van der Waals surface area (Å²) in [7, 11) is -3.45. The summed E-state index contributed by atoms with van der Waals surface area (Å²) in [6.07, 6.45) is 8.76. The van der Waals surface area contributed by atoms with E-state index in [0.29, 0.717) is 41.3 Å². The molecule has 4 aromatic heterocycles. The zero-order chi connectivity index (χ0) is 26.1. The van der Waals surface area contributed by atoms with Crippen molar-refractivity contribution in [3.05, 3.63) is 36.9 Å². The first kappa shape index (κ1) is 23.5. The smallest absolute Gasteiger partial charge is 0.256 e. The van der Waals surface area contributed by atoms with E-state index in [0.717, 1.165) is 53.5 Å². The van der Waals surface area contributed by atoms with Crippen LogP contribution >= 0.6 is 0 Å². The summed E-state index contributed by atoms with van der Waals surface area (Å²) in [5, 5.41) is 13.0. The maximum absolute atomic E-state index is 12.5. The third-order valence-electron chi connectivity index (χ3n) is 7.69. The Kier molecular flexibility index (Phi) is 5.24. The van der Waals surface area contributed by atoms with Crippen LogP contribution in [0, 0.1) is 5.41 Å². The number of aromatic nitrogens is 7. The topological polar surface area (TPSA) is 133 Å². The predicted octanol–water partition coefficient (Wildman–Crippen LogP) is 2.98. The van der Waals surface area contributed by atoms with Gasteiger partial charge < -0.3 is 15.0 Å². The predicted molar refractivity (Wildman–Crippen MR) is 142 cm³/mol. The first-order chi connectivity index (χ1) is 18.3. The Hall–Kier alpha value is -3.58. The van der Waals surface area contributed by atoms with E-state index < -0.39 is 10.0 Å². The van der Waals surface area contributed by atoms with Gasteiger partial charge in [0.1, 0.15) is 11.6 Å². The third-order valence-corrected chi connectivity index (χ3v) is 9.72. The van der Waals surface area contributed by atoms with E-state index in [1.165, 1.54) is 12.4 Å². The van der Waals surface area contributed by atoms with Crippen LogP contribution in [0.1, 0.15) is 39.2 Å². The number of hydrogen-bond acceptors (Lipinski definition) is 10. The Morgan fingerprint density at radius 1 is 1.18 bits per heavy atom. The van der Waals surface area contributed by atoms with Gasteiger partial charge in [-0.25, -0.2) is 23.4 Å². The highest BCUT2D eigenvalue weighted by Crippen LogP contribution is 2.42. The van der Waals surface area contributed by atoms with E-state index in [1.807, 2.05) is 12.3 Å². The fourth-order valence-electron chi connectivity index (χ4n) is 5.09. The second-order valence-corrected chi connectivity index (χ2v) is 12.8. The zero-order valence-corrected chi connectivity index (χ0v) is 22.1. The molecule has 0 aromatic carbocycles. The number of nitrogens with zero attached hydrogens (tertiary/aromatic N) is 8. The normalized spacial score (nSPS) is 19.4. The molecule has 2 aliphatic heterocycles. The summed E-state index contributed by atoms with van der Waals surface area (Å²) >= 11 is 0. The molecule has 2 saturated heterocycles. The lowest BCUT2D eigenvalue weighted by atomic mass is 9.78. The molecule has 3 fully saturated rings. The number of rotatable bonds is 8. The average Bonchev–Trinajstić information content (AvgIpc) is 3.50. The molecule has 0 bridgehead atoms. The lowest BCUT2D eigenvalue weighted by molar-refractivity contribution is -0.127. The molecule has 1 spiro atoms. The van der Waals surface area contributed by atoms with E-state index in [2.05, 4.69) is 48.8 Å². The quantitative estimate of drug-likeness (QED) is 0.359. The highest BCUT2D eigenvalue weighted by atomic mass is 32.2. The summed E-state index contributed by atoms with van der Waals surface area (Å²) in [6, 6.07) is 3.98. The van der Waals surface area contributed by atoms with Gasteiger partial charge in [0.15, 0.2) is 11.6 Å². The maximum atomic E-state index is 12.5. The number of anilines is 3. The molecular formula is C25H29N9O3S. The first-order valence-electron chi connectivity index (χ1n) is 13.0. The van der Waals surface area contributed by atoms with Crippen LogP contribution in [0.4, 0.5) is 17.5 Å². The van der Waals surface area contributed by atoms with Crippen molar-refractivity contribution in [2.45, 2.75) is 44.4 Å². The van der Waals surface area contributed by atoms with Crippen LogP contribution in [0.3, 0.4) is 0 Å². The third kappa shape index (κ3) is 3.83. The van der Waals surface area contributed by atoms with E-state index in [-0.39, 0.29) is 11.3 Å². The second-order valence-electron chi connectivity index (χ2n) is 10.7. The van der Waals surface area contributed by atoms with Crippen molar-refractivity contribution in [1.29, 1.82) is 0 Å². The molecule has 3 aliphatic rings. The average molecular weight is 536 g/mol. The Balaban J connectivity index is 1.16. The van der Waals surface area contributed by atoms with Gasteiger partial charge in [-0.2, -0.15) is 14.3 Å². The van der Waals surface area contributed by atoms with Crippen molar-refractivity contribution in [3.63, 3.8) is 0 Å². The highest BCUT2D eigenvalue weighted by Gasteiger charge is 2.50. The summed E-state index contributed by atoms with van der Waals surface area (Å²) in [4.78, 5) is 15.9. The Morgan fingerprint density at radius 3 is 2.71 bits per heavy atom. The zero-order valence-electron chi connectivity index (χ0n) is 21.3. The summed E-state index contributed by atoms with van der Waals surface area (Å²) in [6.45, 7) is 7.91. The van der Waals surface area contributed by atoms with E-state index in [9.17, 15) is 8.42 Å². The van der Waals surface area contributed by atoms with Gasteiger partial charge in [-0.1, -0.05) is 6.92 Å². The van der Waals surface area contributed by atoms with Crippen molar-refractivity contribution >= 4 is 38.4 Å². The molecule has 1 aliphatic carbocycles. The SMILES string of the molecule is CCC(C)n1nc(N2CC3(COC3)C2)c2cnc(Nc3ccnc(-c4cnn(S(=O)(=O)C5CC5)c4)n3)cc21. The van der Waals surface area contributed by atoms with Gasteiger partial charge in [-0.05, 0) is 32.3 Å². The number of nitrogens with one attached hydrogen (secondary N) is 1. The lowest BCUT2D eigenvalue weighted by Crippen LogP contribution is -2.66. The van der Waals surface area contributed by atoms with Crippen molar-refractivity contribution in [3.8, 4) is 11.4 Å². The minimum atomic E-state index is -3.45. The number of hydrogen-bond donors (Lipinski definition) is 1.